The van der Waals surface area contributed by atoms with Crippen molar-refractivity contribution in [3.8, 4) is 0 Å². The van der Waals surface area contributed by atoms with Gasteiger partial charge in [-0.05, 0) is 0 Å². The zero-order chi connectivity index (χ0) is 27.3. The van der Waals surface area contributed by atoms with Crippen LogP contribution >= 0.6 is 0 Å². The van der Waals surface area contributed by atoms with Crippen molar-refractivity contribution >= 4 is 41.8 Å². The first-order chi connectivity index (χ1) is 14.7. The summed E-state index contributed by atoms with van der Waals surface area (Å²) in [5.41, 5.74) is -1.88. The van der Waals surface area contributed by atoms with Gasteiger partial charge in [-0.15, -0.1) is 0 Å². The molecule has 22 heteroatoms. The molecule has 0 amide bonds. The second-order valence-corrected chi connectivity index (χ2v) is 5.68. The maximum atomic E-state index is 10.4. The van der Waals surface area contributed by atoms with Crippen molar-refractivity contribution in [3.63, 3.8) is 0 Å². The Morgan fingerprint density at radius 1 is 0.556 bits per heavy atom. The number of nitrogens with two attached hydrogens (primary N) is 1. The van der Waals surface area contributed by atoms with Crippen LogP contribution < -0.4 is 5.73 Å². The molecule has 0 aliphatic carbocycles. The Morgan fingerprint density at radius 3 is 0.833 bits per heavy atom. The first-order valence-electron chi connectivity index (χ1n) is 7.79. The molecule has 0 aromatic carbocycles. The average molecular weight is 682 g/mol. The second-order valence-electron chi connectivity index (χ2n) is 5.68. The van der Waals surface area contributed by atoms with Gasteiger partial charge in [0, 0.05) is 0 Å². The smallest absolute Gasteiger partial charge is 0.481 e. The van der Waals surface area contributed by atoms with Gasteiger partial charge in [-0.3, -0.25) is 14.4 Å². The molecule has 0 heterocycles. The Hall–Kier alpha value is -2.35. The van der Waals surface area contributed by atoms with Gasteiger partial charge in [-0.1, -0.05) is 0 Å². The minimum Gasteiger partial charge on any atom is -0.481 e. The summed E-state index contributed by atoms with van der Waals surface area (Å²) in [6.07, 6.45) is -8.21. The monoisotopic (exact) mass is 680 g/mol. The third-order valence-electron chi connectivity index (χ3n) is 3.13. The normalized spacial score (nSPS) is 14.0. The maximum absolute atomic E-state index is 10.4. The molecule has 0 fully saturated rings. The summed E-state index contributed by atoms with van der Waals surface area (Å²) in [7, 11) is 0. The van der Waals surface area contributed by atoms with E-state index in [-0.39, 0.29) is 57.8 Å². The predicted octanol–water partition coefficient (Wildman–Crippen LogP) is -5.53. The third kappa shape index (κ3) is 17.1. The molecule has 0 aliphatic heterocycles. The summed E-state index contributed by atoms with van der Waals surface area (Å²) in [6.45, 7) is -0.278. The molecule has 217 valence electrons. The Balaban J connectivity index is -0.0000000983. The first-order valence-corrected chi connectivity index (χ1v) is 7.79. The van der Waals surface area contributed by atoms with Crippen LogP contribution in [-0.4, -0.2) is 128 Å². The van der Waals surface area contributed by atoms with Gasteiger partial charge >= 0.3 is 93.0 Å². The number of carboxylic acids is 7. The Kier molecular flexibility index (Phi) is 27.1. The van der Waals surface area contributed by atoms with Gasteiger partial charge < -0.3 is 61.9 Å². The van der Waals surface area contributed by atoms with Crippen LogP contribution in [0, 0.1) is 0 Å². The van der Waals surface area contributed by atoms with Crippen LogP contribution in [0.1, 0.15) is 12.8 Å². The molecule has 0 spiro atoms. The first kappa shape index (κ1) is 46.9. The number of aliphatic hydroxyl groups excluding tert-OH is 2. The molecule has 0 bridgehead atoms. The van der Waals surface area contributed by atoms with E-state index < -0.39 is 78.0 Å². The van der Waals surface area contributed by atoms with Gasteiger partial charge in [0.1, 0.15) is 0 Å². The Bertz CT molecular complexity index is 722. The molecule has 0 aromatic heterocycles. The van der Waals surface area contributed by atoms with E-state index in [1.807, 2.05) is 0 Å². The van der Waals surface area contributed by atoms with E-state index in [0.717, 1.165) is 0 Å². The van der Waals surface area contributed by atoms with E-state index in [9.17, 15) is 33.6 Å². The van der Waals surface area contributed by atoms with Crippen molar-refractivity contribution in [2.24, 2.45) is 5.73 Å². The van der Waals surface area contributed by atoms with E-state index in [0.29, 0.717) is 0 Å². The SMILES string of the molecule is NCC(=O)O.O=C(O)CC(O)(C(=O)O)C(O)C(=O)O.O=C(O)CC(O)(C(=O)O)C(O)C(=O)O.[Cu+2].[Cu+2].[Cu+2]. The van der Waals surface area contributed by atoms with Gasteiger partial charge in [0.05, 0.1) is 19.4 Å². The van der Waals surface area contributed by atoms with Crippen molar-refractivity contribution in [1.29, 1.82) is 0 Å². The summed E-state index contributed by atoms with van der Waals surface area (Å²) in [6, 6.07) is 0. The second kappa shape index (κ2) is 20.8. The van der Waals surface area contributed by atoms with Gasteiger partial charge in [0.2, 0.25) is 11.2 Å². The summed E-state index contributed by atoms with van der Waals surface area (Å²) < 4.78 is 0. The zero-order valence-corrected chi connectivity index (χ0v) is 19.9. The minimum absolute atomic E-state index is 0. The minimum atomic E-state index is -3.22. The fourth-order valence-corrected chi connectivity index (χ4v) is 1.45. The van der Waals surface area contributed by atoms with Crippen molar-refractivity contribution in [1.82, 2.24) is 0 Å². The molecular weight excluding hydrogens is 661 g/mol. The summed E-state index contributed by atoms with van der Waals surface area (Å²) in [4.78, 5) is 70.5. The number of rotatable bonds is 11. The summed E-state index contributed by atoms with van der Waals surface area (Å²) in [5.74, 6) is -12.7. The molecule has 0 aromatic rings. The largest absolute Gasteiger partial charge is 2.00 e. The molecule has 0 aliphatic rings. The number of aliphatic hydroxyl groups is 4. The molecule has 0 saturated carbocycles. The standard InChI is InChI=1S/2C6H8O8.C2H5NO2.3Cu/c2*7-2(8)1-6(14,5(12)13)3(9)4(10)11;3-1-2(4)5;;;/h2*3,9,14H,1H2,(H,7,8)(H,10,11)(H,12,13);1,3H2,(H,4,5);;;/q;;;3*+2. The molecule has 13 N–H and O–H groups in total. The Morgan fingerprint density at radius 2 is 0.750 bits per heavy atom. The van der Waals surface area contributed by atoms with Crippen LogP contribution in [0.5, 0.6) is 0 Å². The van der Waals surface area contributed by atoms with Gasteiger partial charge in [0.15, 0.2) is 12.2 Å². The molecular formula is C14H21Cu3NO18+6. The van der Waals surface area contributed by atoms with Crippen LogP contribution in [-0.2, 0) is 84.8 Å². The molecule has 0 rings (SSSR count). The van der Waals surface area contributed by atoms with E-state index in [1.54, 1.807) is 0 Å². The van der Waals surface area contributed by atoms with Crippen LogP contribution in [0.3, 0.4) is 0 Å². The number of carbonyl (C=O) groups is 7. The quantitative estimate of drug-likeness (QED) is 0.0904. The van der Waals surface area contributed by atoms with Crippen molar-refractivity contribution in [2.45, 2.75) is 36.3 Å². The predicted molar refractivity (Wildman–Crippen MR) is 93.7 cm³/mol. The van der Waals surface area contributed by atoms with E-state index in [1.165, 1.54) is 0 Å². The van der Waals surface area contributed by atoms with Crippen LogP contribution in [0.4, 0.5) is 0 Å². The Labute approximate surface area is 230 Å². The zero-order valence-electron chi connectivity index (χ0n) is 17.0. The summed E-state index contributed by atoms with van der Waals surface area (Å²) >= 11 is 0. The van der Waals surface area contributed by atoms with E-state index in [2.05, 4.69) is 5.73 Å². The van der Waals surface area contributed by atoms with Crippen molar-refractivity contribution in [3.05, 3.63) is 0 Å². The van der Waals surface area contributed by atoms with Crippen LogP contribution in [0.15, 0.2) is 0 Å². The molecule has 4 unspecified atom stereocenters. The van der Waals surface area contributed by atoms with Crippen molar-refractivity contribution in [2.75, 3.05) is 6.54 Å². The average Bonchev–Trinajstić information content (AvgIpc) is 2.65. The van der Waals surface area contributed by atoms with Gasteiger partial charge in [0.25, 0.3) is 0 Å². The van der Waals surface area contributed by atoms with E-state index >= 15 is 0 Å². The van der Waals surface area contributed by atoms with E-state index in [4.69, 9.17) is 56.2 Å². The van der Waals surface area contributed by atoms with Crippen LogP contribution in [0.2, 0.25) is 0 Å². The van der Waals surface area contributed by atoms with Crippen molar-refractivity contribution < 1.29 is 141 Å². The van der Waals surface area contributed by atoms with Gasteiger partial charge in [-0.25, -0.2) is 19.2 Å². The molecule has 3 radical (unpaired) electrons. The molecule has 4 atom stereocenters. The molecule has 19 nitrogen and oxygen atoms in total. The number of hydrogen-bond acceptors (Lipinski definition) is 12. The van der Waals surface area contributed by atoms with Crippen LogP contribution in [0.25, 0.3) is 0 Å². The molecule has 0 saturated heterocycles. The number of aliphatic carboxylic acids is 7. The van der Waals surface area contributed by atoms with Gasteiger partial charge in [-0.2, -0.15) is 0 Å². The number of carboxylic acid groups (broad SMARTS) is 7. The fraction of sp³-hybridized carbons (Fsp3) is 0.500. The number of hydrogen-bond donors (Lipinski definition) is 12. The molecule has 36 heavy (non-hydrogen) atoms. The third-order valence-corrected chi connectivity index (χ3v) is 3.13. The summed E-state index contributed by atoms with van der Waals surface area (Å²) in [5, 5.41) is 92.9. The maximum Gasteiger partial charge on any atom is 2.00 e. The topological polar surface area (TPSA) is 368 Å². The fourth-order valence-electron chi connectivity index (χ4n) is 1.45.